The number of fused-ring (bicyclic) bond motifs is 2. The largest absolute Gasteiger partial charge is 0.277 e. The van der Waals surface area contributed by atoms with E-state index >= 15 is 0 Å². The number of hydrazone groups is 1. The van der Waals surface area contributed by atoms with E-state index in [4.69, 9.17) is 4.98 Å². The summed E-state index contributed by atoms with van der Waals surface area (Å²) < 4.78 is 0. The molecular formula is C20H18N4O2. The van der Waals surface area contributed by atoms with Crippen LogP contribution in [0.1, 0.15) is 29.7 Å². The van der Waals surface area contributed by atoms with Gasteiger partial charge in [-0.15, -0.1) is 0 Å². The highest BCUT2D eigenvalue weighted by atomic mass is 16.6. The smallest absolute Gasteiger partial charge is 0.269 e. The van der Waals surface area contributed by atoms with Crippen molar-refractivity contribution in [2.45, 2.75) is 25.7 Å². The Morgan fingerprint density at radius 3 is 2.65 bits per heavy atom. The second-order valence-corrected chi connectivity index (χ2v) is 6.35. The summed E-state index contributed by atoms with van der Waals surface area (Å²) >= 11 is 0. The Balaban J connectivity index is 1.65. The number of hydrogen-bond acceptors (Lipinski definition) is 5. The standard InChI is InChI=1S/C20H18N4O2/c25-24(26)15-11-9-14(10-12-15)13-21-23-20-16-5-1-3-7-18(16)22-19-8-4-2-6-17(19)20/h1,3,5,7,9-13H,2,4,6,8H2,(H,22,23)/b21-13+. The van der Waals surface area contributed by atoms with Gasteiger partial charge < -0.3 is 0 Å². The molecule has 1 aromatic heterocycles. The number of hydrogen-bond donors (Lipinski definition) is 1. The second kappa shape index (κ2) is 6.92. The lowest BCUT2D eigenvalue weighted by atomic mass is 9.93. The number of aromatic nitrogens is 1. The molecule has 0 saturated carbocycles. The maximum absolute atomic E-state index is 10.7. The molecule has 0 bridgehead atoms. The van der Waals surface area contributed by atoms with E-state index in [0.29, 0.717) is 0 Å². The molecule has 6 heteroatoms. The average molecular weight is 346 g/mol. The molecule has 4 rings (SSSR count). The molecule has 1 heterocycles. The molecule has 0 atom stereocenters. The Bertz CT molecular complexity index is 997. The van der Waals surface area contributed by atoms with Gasteiger partial charge in [0.15, 0.2) is 0 Å². The molecule has 0 aliphatic heterocycles. The lowest BCUT2D eigenvalue weighted by Crippen LogP contribution is -2.09. The number of aryl methyl sites for hydroxylation is 1. The van der Waals surface area contributed by atoms with Gasteiger partial charge in [-0.3, -0.25) is 20.5 Å². The van der Waals surface area contributed by atoms with Crippen molar-refractivity contribution < 1.29 is 4.92 Å². The summed E-state index contributed by atoms with van der Waals surface area (Å²) in [6.45, 7) is 0. The van der Waals surface area contributed by atoms with Crippen molar-refractivity contribution >= 4 is 28.5 Å². The molecule has 0 unspecified atom stereocenters. The minimum absolute atomic E-state index is 0.0734. The van der Waals surface area contributed by atoms with E-state index in [-0.39, 0.29) is 5.69 Å². The van der Waals surface area contributed by atoms with Gasteiger partial charge in [0.05, 0.1) is 22.3 Å². The van der Waals surface area contributed by atoms with Crippen molar-refractivity contribution in [2.24, 2.45) is 5.10 Å². The lowest BCUT2D eigenvalue weighted by molar-refractivity contribution is -0.384. The number of nitro groups is 1. The first kappa shape index (κ1) is 16.2. The van der Waals surface area contributed by atoms with E-state index in [1.54, 1.807) is 18.3 Å². The molecule has 3 aromatic rings. The molecular weight excluding hydrogens is 328 g/mol. The third kappa shape index (κ3) is 3.13. The molecule has 0 saturated heterocycles. The number of nitro benzene ring substituents is 1. The van der Waals surface area contributed by atoms with Gasteiger partial charge >= 0.3 is 0 Å². The Morgan fingerprint density at radius 1 is 1.08 bits per heavy atom. The zero-order valence-corrected chi connectivity index (χ0v) is 14.2. The summed E-state index contributed by atoms with van der Waals surface area (Å²) in [7, 11) is 0. The first-order valence-corrected chi connectivity index (χ1v) is 8.66. The predicted molar refractivity (Wildman–Crippen MR) is 103 cm³/mol. The number of nitrogens with one attached hydrogen (secondary N) is 1. The van der Waals surface area contributed by atoms with Crippen LogP contribution >= 0.6 is 0 Å². The number of para-hydroxylation sites is 1. The molecule has 0 amide bonds. The Kier molecular flexibility index (Phi) is 4.31. The summed E-state index contributed by atoms with van der Waals surface area (Å²) in [5.41, 5.74) is 8.46. The molecule has 0 spiro atoms. The number of nitrogens with zero attached hydrogens (tertiary/aromatic N) is 3. The van der Waals surface area contributed by atoms with Crippen LogP contribution in [0, 0.1) is 10.1 Å². The van der Waals surface area contributed by atoms with Gasteiger partial charge in [0.1, 0.15) is 0 Å². The highest BCUT2D eigenvalue weighted by molar-refractivity contribution is 5.94. The molecule has 1 N–H and O–H groups in total. The van der Waals surface area contributed by atoms with Crippen LogP contribution in [-0.4, -0.2) is 16.1 Å². The van der Waals surface area contributed by atoms with Crippen LogP contribution in [0.4, 0.5) is 11.4 Å². The molecule has 6 nitrogen and oxygen atoms in total. The minimum Gasteiger partial charge on any atom is -0.277 e. The van der Waals surface area contributed by atoms with Gasteiger partial charge in [-0.25, -0.2) is 0 Å². The predicted octanol–water partition coefficient (Wildman–Crippen LogP) is 4.47. The molecule has 0 radical (unpaired) electrons. The van der Waals surface area contributed by atoms with Crippen LogP contribution in [0.25, 0.3) is 10.9 Å². The average Bonchev–Trinajstić information content (AvgIpc) is 2.68. The summed E-state index contributed by atoms with van der Waals surface area (Å²) in [5, 5.41) is 16.2. The van der Waals surface area contributed by atoms with Crippen LogP contribution in [0.15, 0.2) is 53.6 Å². The molecule has 0 fully saturated rings. The van der Waals surface area contributed by atoms with Gasteiger partial charge in [0, 0.05) is 23.2 Å². The number of non-ortho nitro benzene ring substituents is 1. The maximum Gasteiger partial charge on any atom is 0.269 e. The van der Waals surface area contributed by atoms with Crippen LogP contribution < -0.4 is 5.43 Å². The molecule has 1 aliphatic carbocycles. The first-order chi connectivity index (χ1) is 12.7. The highest BCUT2D eigenvalue weighted by Gasteiger charge is 2.17. The Hall–Kier alpha value is -3.28. The Morgan fingerprint density at radius 2 is 1.85 bits per heavy atom. The minimum atomic E-state index is -0.408. The summed E-state index contributed by atoms with van der Waals surface area (Å²) in [5.74, 6) is 0. The van der Waals surface area contributed by atoms with Crippen LogP contribution in [0.3, 0.4) is 0 Å². The number of benzene rings is 2. The first-order valence-electron chi connectivity index (χ1n) is 8.66. The fraction of sp³-hybridized carbons (Fsp3) is 0.200. The second-order valence-electron chi connectivity index (χ2n) is 6.35. The van der Waals surface area contributed by atoms with Gasteiger partial charge in [-0.05, 0) is 55.0 Å². The molecule has 2 aromatic carbocycles. The van der Waals surface area contributed by atoms with E-state index in [9.17, 15) is 10.1 Å². The molecule has 26 heavy (non-hydrogen) atoms. The third-order valence-electron chi connectivity index (χ3n) is 4.66. The van der Waals surface area contributed by atoms with Crippen molar-refractivity contribution in [3.8, 4) is 0 Å². The fourth-order valence-electron chi connectivity index (χ4n) is 3.35. The van der Waals surface area contributed by atoms with Crippen molar-refractivity contribution in [3.63, 3.8) is 0 Å². The van der Waals surface area contributed by atoms with Crippen molar-refractivity contribution in [1.82, 2.24) is 4.98 Å². The normalized spacial score (nSPS) is 13.7. The quantitative estimate of drug-likeness (QED) is 0.429. The van der Waals surface area contributed by atoms with Crippen LogP contribution in [0.2, 0.25) is 0 Å². The van der Waals surface area contributed by atoms with Crippen molar-refractivity contribution in [2.75, 3.05) is 5.43 Å². The van der Waals surface area contributed by atoms with Gasteiger partial charge in [0.25, 0.3) is 5.69 Å². The number of pyridine rings is 1. The Labute approximate surface area is 150 Å². The lowest BCUT2D eigenvalue weighted by Gasteiger charge is -2.20. The third-order valence-corrected chi connectivity index (χ3v) is 4.66. The number of rotatable bonds is 4. The summed E-state index contributed by atoms with van der Waals surface area (Å²) in [6, 6.07) is 14.4. The summed E-state index contributed by atoms with van der Waals surface area (Å²) in [6.07, 6.45) is 6.01. The zero-order chi connectivity index (χ0) is 17.9. The zero-order valence-electron chi connectivity index (χ0n) is 14.2. The summed E-state index contributed by atoms with van der Waals surface area (Å²) in [4.78, 5) is 15.1. The van der Waals surface area contributed by atoms with Crippen molar-refractivity contribution in [1.29, 1.82) is 0 Å². The van der Waals surface area contributed by atoms with E-state index in [2.05, 4.69) is 16.6 Å². The highest BCUT2D eigenvalue weighted by Crippen LogP contribution is 2.33. The van der Waals surface area contributed by atoms with Gasteiger partial charge in [-0.2, -0.15) is 5.10 Å². The SMILES string of the molecule is O=[N+]([O-])c1ccc(/C=N/Nc2c3c(nc4ccccc24)CCCC3)cc1. The van der Waals surface area contributed by atoms with Gasteiger partial charge in [-0.1, -0.05) is 18.2 Å². The molecule has 130 valence electrons. The number of anilines is 1. The van der Waals surface area contributed by atoms with Crippen LogP contribution in [0.5, 0.6) is 0 Å². The topological polar surface area (TPSA) is 80.4 Å². The van der Waals surface area contributed by atoms with E-state index < -0.39 is 4.92 Å². The molecule has 1 aliphatic rings. The maximum atomic E-state index is 10.7. The monoisotopic (exact) mass is 346 g/mol. The fourth-order valence-corrected chi connectivity index (χ4v) is 3.35. The van der Waals surface area contributed by atoms with Gasteiger partial charge in [0.2, 0.25) is 0 Å². The van der Waals surface area contributed by atoms with Crippen molar-refractivity contribution in [3.05, 3.63) is 75.5 Å². The van der Waals surface area contributed by atoms with E-state index in [1.165, 1.54) is 24.1 Å². The van der Waals surface area contributed by atoms with E-state index in [0.717, 1.165) is 47.1 Å². The van der Waals surface area contributed by atoms with E-state index in [1.807, 2.05) is 18.2 Å². The van der Waals surface area contributed by atoms with Crippen LogP contribution in [-0.2, 0) is 12.8 Å².